The van der Waals surface area contributed by atoms with Crippen molar-refractivity contribution in [2.75, 3.05) is 12.0 Å². The number of phenols is 1. The molecule has 1 aliphatic carbocycles. The fourth-order valence-electron chi connectivity index (χ4n) is 8.07. The number of ether oxygens (including phenoxy) is 1. The number of benzene rings is 2. The van der Waals surface area contributed by atoms with E-state index in [1.54, 1.807) is 48.2 Å². The molecule has 3 aromatic heterocycles. The number of allylic oxidation sites excluding steroid dienone is 2. The van der Waals surface area contributed by atoms with E-state index in [1.807, 2.05) is 31.2 Å². The Kier molecular flexibility index (Phi) is 6.54. The monoisotopic (exact) mass is 686 g/mol. The van der Waals surface area contributed by atoms with Crippen molar-refractivity contribution in [1.82, 2.24) is 23.7 Å². The molecule has 0 unspecified atom stereocenters. The number of carbonyl (C=O) groups excluding carboxylic acids is 2. The van der Waals surface area contributed by atoms with Crippen LogP contribution in [0.4, 0.5) is 5.82 Å². The lowest BCUT2D eigenvalue weighted by molar-refractivity contribution is -0.129. The Hall–Kier alpha value is -4.88. The average Bonchev–Trinajstić information content (AvgIpc) is 3.72. The van der Waals surface area contributed by atoms with Gasteiger partial charge in [0.1, 0.15) is 11.5 Å². The highest BCUT2D eigenvalue weighted by Gasteiger charge is 2.66. The molecule has 246 valence electrons. The number of amides is 2. The summed E-state index contributed by atoms with van der Waals surface area (Å²) in [4.78, 5) is 58.0. The lowest BCUT2D eigenvalue weighted by Gasteiger charge is -2.47. The molecule has 1 saturated carbocycles. The number of anilines is 1. The average molecular weight is 687 g/mol. The number of hydrogen-bond donors (Lipinski definition) is 1. The summed E-state index contributed by atoms with van der Waals surface area (Å²) in [5, 5.41) is 16.8. The van der Waals surface area contributed by atoms with Gasteiger partial charge in [0.15, 0.2) is 11.5 Å². The second-order valence-corrected chi connectivity index (χ2v) is 14.4. The van der Waals surface area contributed by atoms with Crippen LogP contribution in [-0.4, -0.2) is 47.7 Å². The zero-order chi connectivity index (χ0) is 34.0. The summed E-state index contributed by atoms with van der Waals surface area (Å²) >= 11 is 7.84. The number of rotatable bonds is 4. The van der Waals surface area contributed by atoms with Crippen molar-refractivity contribution in [3.05, 3.63) is 91.2 Å². The lowest BCUT2D eigenvalue weighted by Crippen LogP contribution is -2.49. The molecule has 0 spiro atoms. The zero-order valence-electron chi connectivity index (χ0n) is 26.7. The maximum atomic E-state index is 14.9. The third-order valence-electron chi connectivity index (χ3n) is 10.5. The van der Waals surface area contributed by atoms with Crippen molar-refractivity contribution in [3.63, 3.8) is 0 Å². The molecule has 5 heterocycles. The molecule has 5 aromatic rings. The largest absolute Gasteiger partial charge is 0.504 e. The van der Waals surface area contributed by atoms with Crippen molar-refractivity contribution < 1.29 is 19.4 Å². The molecular weight excluding hydrogens is 656 g/mol. The van der Waals surface area contributed by atoms with Gasteiger partial charge in [-0.05, 0) is 72.7 Å². The molecule has 2 aliphatic heterocycles. The van der Waals surface area contributed by atoms with Gasteiger partial charge in [-0.25, -0.2) is 28.4 Å². The number of fused-ring (bicyclic) bond motifs is 5. The number of aryl methyl sites for hydroxylation is 2. The third kappa shape index (κ3) is 3.91. The number of carbonyl (C=O) groups is 2. The molecule has 2 amide bonds. The molecule has 2 fully saturated rings. The second kappa shape index (κ2) is 10.3. The van der Waals surface area contributed by atoms with Gasteiger partial charge in [-0.2, -0.15) is 5.10 Å². The number of methoxy groups -OCH3 is 1. The first-order valence-electron chi connectivity index (χ1n) is 15.4. The van der Waals surface area contributed by atoms with E-state index in [9.17, 15) is 24.3 Å². The Balaban J connectivity index is 1.29. The molecule has 4 atom stereocenters. The van der Waals surface area contributed by atoms with Gasteiger partial charge in [0, 0.05) is 35.8 Å². The van der Waals surface area contributed by atoms with Crippen molar-refractivity contribution in [2.45, 2.75) is 38.8 Å². The summed E-state index contributed by atoms with van der Waals surface area (Å²) in [6.07, 6.45) is 2.02. The quantitative estimate of drug-likeness (QED) is 0.217. The minimum Gasteiger partial charge on any atom is -0.504 e. The predicted molar refractivity (Wildman–Crippen MR) is 181 cm³/mol. The van der Waals surface area contributed by atoms with Crippen LogP contribution in [0.1, 0.15) is 36.4 Å². The Morgan fingerprint density at radius 1 is 1.06 bits per heavy atom. The summed E-state index contributed by atoms with van der Waals surface area (Å²) in [5.74, 6) is -1.87. The topological polar surface area (TPSA) is 134 Å². The van der Waals surface area contributed by atoms with Crippen LogP contribution in [0.3, 0.4) is 0 Å². The summed E-state index contributed by atoms with van der Waals surface area (Å²) in [7, 11) is 4.57. The summed E-state index contributed by atoms with van der Waals surface area (Å²) in [5.41, 5.74) is 0.784. The second-order valence-electron chi connectivity index (χ2n) is 12.9. The highest BCUT2D eigenvalue weighted by Crippen LogP contribution is 2.61. The van der Waals surface area contributed by atoms with Crippen LogP contribution < -0.4 is 21.0 Å². The van der Waals surface area contributed by atoms with Gasteiger partial charge < -0.3 is 9.84 Å². The fraction of sp³-hybridized carbons (Fsp3) is 0.324. The van der Waals surface area contributed by atoms with Gasteiger partial charge in [0.05, 0.1) is 35.9 Å². The maximum Gasteiger partial charge on any atom is 0.347 e. The van der Waals surface area contributed by atoms with Crippen LogP contribution in [0.2, 0.25) is 5.02 Å². The molecule has 2 aromatic carbocycles. The Bertz CT molecular complexity index is 2400. The molecule has 12 nitrogen and oxygen atoms in total. The summed E-state index contributed by atoms with van der Waals surface area (Å²) < 4.78 is 11.9. The minimum atomic E-state index is -1.28. The van der Waals surface area contributed by atoms with Crippen molar-refractivity contribution in [3.8, 4) is 22.1 Å². The molecule has 3 aliphatic rings. The van der Waals surface area contributed by atoms with Crippen LogP contribution in [0, 0.1) is 18.3 Å². The molecule has 8 rings (SSSR count). The maximum absolute atomic E-state index is 14.9. The third-order valence-corrected chi connectivity index (χ3v) is 12.0. The van der Waals surface area contributed by atoms with Crippen molar-refractivity contribution >= 4 is 50.7 Å². The molecule has 0 radical (unpaired) electrons. The Labute approximate surface area is 282 Å². The standard InChI is InChI=1S/C34H31ClN6O6S/c1-16-20-13-18(35)7-9-26(20)48-29(16)22-15-27(38(4)36-22)40-30(43)21-14-23-19(10-11-39-32(45)37(3)33(46)41(23)39)28(34(21,2)31(40)44)17-6-8-24(42)25(12-17)47-5/h6-10,12-13,15,21,23,28,42H,11,14H2,1-5H3/t21-,23+,28-,34+/m0/s1. The smallest absolute Gasteiger partial charge is 0.347 e. The lowest BCUT2D eigenvalue weighted by atomic mass is 9.56. The predicted octanol–water partition coefficient (Wildman–Crippen LogP) is 4.50. The first kappa shape index (κ1) is 30.5. The van der Waals surface area contributed by atoms with E-state index in [2.05, 4.69) is 0 Å². The summed E-state index contributed by atoms with van der Waals surface area (Å²) in [6, 6.07) is 11.7. The van der Waals surface area contributed by atoms with Gasteiger partial charge in [-0.15, -0.1) is 11.3 Å². The van der Waals surface area contributed by atoms with Gasteiger partial charge in [0.2, 0.25) is 11.8 Å². The first-order chi connectivity index (χ1) is 22.9. The summed E-state index contributed by atoms with van der Waals surface area (Å²) in [6.45, 7) is 3.92. The van der Waals surface area contributed by atoms with Crippen LogP contribution in [-0.2, 0) is 30.2 Å². The SMILES string of the molecule is COc1cc([C@H]2C3=CCn4c(=O)n(C)c(=O)n4[C@@H]3C[C@H]3C(=O)N(c4cc(-c5sc6ccc(Cl)cc6c5C)nn4C)C(=O)[C@@]23C)ccc1O. The number of nitrogens with zero attached hydrogens (tertiary/aromatic N) is 6. The van der Waals surface area contributed by atoms with E-state index in [4.69, 9.17) is 21.4 Å². The van der Waals surface area contributed by atoms with E-state index in [0.29, 0.717) is 22.1 Å². The van der Waals surface area contributed by atoms with Crippen LogP contribution in [0.15, 0.2) is 63.7 Å². The number of phenolic OH excluding ortho intramolecular Hbond substituents is 1. The number of aromatic nitrogens is 5. The van der Waals surface area contributed by atoms with Gasteiger partial charge in [0.25, 0.3) is 0 Å². The Morgan fingerprint density at radius 3 is 2.58 bits per heavy atom. The number of thiophene rings is 1. The molecule has 14 heteroatoms. The van der Waals surface area contributed by atoms with E-state index in [1.165, 1.54) is 34.5 Å². The highest BCUT2D eigenvalue weighted by atomic mass is 35.5. The normalized spacial score (nSPS) is 23.3. The van der Waals surface area contributed by atoms with Crippen molar-refractivity contribution in [2.24, 2.45) is 25.4 Å². The number of imide groups is 1. The van der Waals surface area contributed by atoms with E-state index in [-0.39, 0.29) is 24.5 Å². The minimum absolute atomic E-state index is 0.0716. The van der Waals surface area contributed by atoms with Crippen molar-refractivity contribution in [1.29, 1.82) is 0 Å². The Morgan fingerprint density at radius 2 is 1.83 bits per heavy atom. The molecule has 1 N–H and O–H groups in total. The fourth-order valence-corrected chi connectivity index (χ4v) is 9.39. The van der Waals surface area contributed by atoms with E-state index in [0.717, 1.165) is 30.7 Å². The molecule has 0 bridgehead atoms. The molecular formula is C34H31ClN6O6S. The first-order valence-corrected chi connectivity index (χ1v) is 16.6. The number of aromatic hydroxyl groups is 1. The van der Waals surface area contributed by atoms with Crippen LogP contribution in [0.25, 0.3) is 20.7 Å². The van der Waals surface area contributed by atoms with Gasteiger partial charge >= 0.3 is 11.4 Å². The molecule has 48 heavy (non-hydrogen) atoms. The molecule has 1 saturated heterocycles. The zero-order valence-corrected chi connectivity index (χ0v) is 28.3. The van der Waals surface area contributed by atoms with Crippen LogP contribution >= 0.6 is 22.9 Å². The number of hydrogen-bond acceptors (Lipinski definition) is 8. The van der Waals surface area contributed by atoms with Crippen LogP contribution in [0.5, 0.6) is 11.5 Å². The van der Waals surface area contributed by atoms with Gasteiger partial charge in [-0.3, -0.25) is 14.3 Å². The van der Waals surface area contributed by atoms with E-state index >= 15 is 0 Å². The highest BCUT2D eigenvalue weighted by molar-refractivity contribution is 7.22. The van der Waals surface area contributed by atoms with Gasteiger partial charge in [-0.1, -0.05) is 23.7 Å². The van der Waals surface area contributed by atoms with E-state index < -0.39 is 46.5 Å². The number of halogens is 1.